The van der Waals surface area contributed by atoms with E-state index in [1.165, 1.54) is 24.4 Å². The van der Waals surface area contributed by atoms with Crippen LogP contribution in [0.1, 0.15) is 28.4 Å². The van der Waals surface area contributed by atoms with Crippen molar-refractivity contribution >= 4 is 40.1 Å². The summed E-state index contributed by atoms with van der Waals surface area (Å²) in [5, 5.41) is 1.39. The zero-order chi connectivity index (χ0) is 18.0. The van der Waals surface area contributed by atoms with Gasteiger partial charge in [0.05, 0.1) is 5.56 Å². The van der Waals surface area contributed by atoms with E-state index < -0.39 is 11.6 Å². The SMILES string of the molecule is CCc1cc2oc(=O)cc(COC(=O)c3ccnc(Cl)c3)c2cc1Cl. The van der Waals surface area contributed by atoms with Gasteiger partial charge in [-0.1, -0.05) is 30.1 Å². The van der Waals surface area contributed by atoms with E-state index >= 15 is 0 Å². The van der Waals surface area contributed by atoms with Crippen LogP contribution in [0.5, 0.6) is 0 Å². The molecule has 0 aliphatic carbocycles. The third-order valence-electron chi connectivity index (χ3n) is 3.70. The molecule has 25 heavy (non-hydrogen) atoms. The van der Waals surface area contributed by atoms with Crippen molar-refractivity contribution in [2.24, 2.45) is 0 Å². The van der Waals surface area contributed by atoms with Crippen molar-refractivity contribution in [2.45, 2.75) is 20.0 Å². The van der Waals surface area contributed by atoms with Gasteiger partial charge in [-0.05, 0) is 36.2 Å². The maximum absolute atomic E-state index is 12.1. The first-order chi connectivity index (χ1) is 12.0. The lowest BCUT2D eigenvalue weighted by molar-refractivity contribution is 0.0473. The Bertz CT molecular complexity index is 1010. The van der Waals surface area contributed by atoms with Crippen molar-refractivity contribution in [3.63, 3.8) is 0 Å². The van der Waals surface area contributed by atoms with Crippen LogP contribution in [-0.4, -0.2) is 11.0 Å². The number of nitrogens with zero attached hydrogens (tertiary/aromatic N) is 1. The third-order valence-corrected chi connectivity index (χ3v) is 4.26. The van der Waals surface area contributed by atoms with Crippen molar-refractivity contribution in [1.29, 1.82) is 0 Å². The fraction of sp³-hybridized carbons (Fsp3) is 0.167. The Hall–Kier alpha value is -2.37. The van der Waals surface area contributed by atoms with Crippen LogP contribution in [-0.2, 0) is 17.8 Å². The quantitative estimate of drug-likeness (QED) is 0.382. The normalized spacial score (nSPS) is 10.8. The van der Waals surface area contributed by atoms with Crippen LogP contribution in [0, 0.1) is 0 Å². The van der Waals surface area contributed by atoms with Gasteiger partial charge in [0.25, 0.3) is 0 Å². The Labute approximate surface area is 153 Å². The van der Waals surface area contributed by atoms with Gasteiger partial charge < -0.3 is 9.15 Å². The first kappa shape index (κ1) is 17.5. The van der Waals surface area contributed by atoms with E-state index in [1.807, 2.05) is 6.92 Å². The number of esters is 1. The Kier molecular flexibility index (Phi) is 5.06. The van der Waals surface area contributed by atoms with Gasteiger partial charge in [-0.3, -0.25) is 0 Å². The van der Waals surface area contributed by atoms with Gasteiger partial charge in [-0.2, -0.15) is 0 Å². The molecule has 0 saturated carbocycles. The van der Waals surface area contributed by atoms with Gasteiger partial charge in [-0.15, -0.1) is 0 Å². The standard InChI is InChI=1S/C18H13Cl2NO4/c1-2-10-5-15-13(8-14(10)19)12(7-17(22)25-15)9-24-18(23)11-3-4-21-16(20)6-11/h3-8H,2,9H2,1H3. The molecule has 0 spiro atoms. The van der Waals surface area contributed by atoms with Crippen LogP contribution in [0.4, 0.5) is 0 Å². The van der Waals surface area contributed by atoms with Crippen molar-refractivity contribution in [2.75, 3.05) is 0 Å². The molecule has 0 unspecified atom stereocenters. The zero-order valence-electron chi connectivity index (χ0n) is 13.2. The first-order valence-corrected chi connectivity index (χ1v) is 8.27. The minimum absolute atomic E-state index is 0.0946. The number of carbonyl (C=O) groups is 1. The second-order valence-electron chi connectivity index (χ2n) is 5.33. The smallest absolute Gasteiger partial charge is 0.338 e. The Morgan fingerprint density at radius 3 is 2.72 bits per heavy atom. The van der Waals surface area contributed by atoms with E-state index in [4.69, 9.17) is 32.4 Å². The highest BCUT2D eigenvalue weighted by Gasteiger charge is 2.13. The number of pyridine rings is 1. The Morgan fingerprint density at radius 2 is 2.00 bits per heavy atom. The molecule has 0 atom stereocenters. The summed E-state index contributed by atoms with van der Waals surface area (Å²) < 4.78 is 10.5. The van der Waals surface area contributed by atoms with Gasteiger partial charge >= 0.3 is 11.6 Å². The molecule has 0 radical (unpaired) electrons. The summed E-state index contributed by atoms with van der Waals surface area (Å²) >= 11 is 12.0. The monoisotopic (exact) mass is 377 g/mol. The molecule has 0 saturated heterocycles. The minimum Gasteiger partial charge on any atom is -0.457 e. The van der Waals surface area contributed by atoms with E-state index in [0.717, 1.165) is 5.56 Å². The summed E-state index contributed by atoms with van der Waals surface area (Å²) in [5.74, 6) is -0.568. The molecule has 0 fully saturated rings. The first-order valence-electron chi connectivity index (χ1n) is 7.51. The van der Waals surface area contributed by atoms with Crippen LogP contribution in [0.2, 0.25) is 10.2 Å². The maximum Gasteiger partial charge on any atom is 0.338 e. The van der Waals surface area contributed by atoms with Crippen molar-refractivity contribution in [3.05, 3.63) is 73.8 Å². The summed E-state index contributed by atoms with van der Waals surface area (Å²) in [4.78, 5) is 27.7. The van der Waals surface area contributed by atoms with E-state index in [1.54, 1.807) is 12.1 Å². The van der Waals surface area contributed by atoms with Crippen molar-refractivity contribution in [1.82, 2.24) is 4.98 Å². The lowest BCUT2D eigenvalue weighted by atomic mass is 10.1. The maximum atomic E-state index is 12.1. The lowest BCUT2D eigenvalue weighted by Gasteiger charge is -2.09. The zero-order valence-corrected chi connectivity index (χ0v) is 14.7. The molecule has 3 aromatic rings. The molecule has 128 valence electrons. The topological polar surface area (TPSA) is 69.4 Å². The number of aryl methyl sites for hydroxylation is 1. The molecule has 0 aliphatic rings. The molecule has 3 rings (SSSR count). The average molecular weight is 378 g/mol. The van der Waals surface area contributed by atoms with Gasteiger partial charge in [0, 0.05) is 28.2 Å². The number of carbonyl (C=O) groups excluding carboxylic acids is 1. The molecular weight excluding hydrogens is 365 g/mol. The number of ether oxygens (including phenoxy) is 1. The predicted octanol–water partition coefficient (Wildman–Crippen LogP) is 4.41. The number of aromatic nitrogens is 1. The molecule has 2 aromatic heterocycles. The van der Waals surface area contributed by atoms with Gasteiger partial charge in [0.15, 0.2) is 0 Å². The summed E-state index contributed by atoms with van der Waals surface area (Å²) in [6.45, 7) is 1.86. The number of rotatable bonds is 4. The molecule has 0 N–H and O–H groups in total. The second-order valence-corrected chi connectivity index (χ2v) is 6.12. The van der Waals surface area contributed by atoms with E-state index in [2.05, 4.69) is 4.98 Å². The molecule has 0 amide bonds. The molecule has 0 aliphatic heterocycles. The van der Waals surface area contributed by atoms with Crippen LogP contribution >= 0.6 is 23.2 Å². The molecule has 7 heteroatoms. The van der Waals surface area contributed by atoms with Crippen LogP contribution in [0.15, 0.2) is 45.7 Å². The predicted molar refractivity (Wildman–Crippen MR) is 95.2 cm³/mol. The molecule has 2 heterocycles. The van der Waals surface area contributed by atoms with E-state index in [-0.39, 0.29) is 17.3 Å². The van der Waals surface area contributed by atoms with Gasteiger partial charge in [0.2, 0.25) is 0 Å². The number of fused-ring (bicyclic) bond motifs is 1. The molecular formula is C18H13Cl2NO4. The fourth-order valence-corrected chi connectivity index (χ4v) is 2.91. The van der Waals surface area contributed by atoms with Gasteiger partial charge in [-0.25, -0.2) is 14.6 Å². The van der Waals surface area contributed by atoms with Crippen LogP contribution in [0.25, 0.3) is 11.0 Å². The van der Waals surface area contributed by atoms with Gasteiger partial charge in [0.1, 0.15) is 17.3 Å². The summed E-state index contributed by atoms with van der Waals surface area (Å²) in [7, 11) is 0. The summed E-state index contributed by atoms with van der Waals surface area (Å²) in [5.41, 5.74) is 1.56. The highest BCUT2D eigenvalue weighted by molar-refractivity contribution is 6.32. The largest absolute Gasteiger partial charge is 0.457 e. The van der Waals surface area contributed by atoms with E-state index in [9.17, 15) is 9.59 Å². The number of hydrogen-bond acceptors (Lipinski definition) is 5. The second kappa shape index (κ2) is 7.25. The van der Waals surface area contributed by atoms with E-state index in [0.29, 0.717) is 28.0 Å². The van der Waals surface area contributed by atoms with Crippen LogP contribution < -0.4 is 5.63 Å². The lowest BCUT2D eigenvalue weighted by Crippen LogP contribution is -2.08. The molecule has 1 aromatic carbocycles. The number of benzene rings is 1. The fourth-order valence-electron chi connectivity index (χ4n) is 2.44. The van der Waals surface area contributed by atoms with Crippen molar-refractivity contribution < 1.29 is 13.9 Å². The minimum atomic E-state index is -0.568. The molecule has 0 bridgehead atoms. The molecule has 5 nitrogen and oxygen atoms in total. The summed E-state index contributed by atoms with van der Waals surface area (Å²) in [6.07, 6.45) is 2.12. The van der Waals surface area contributed by atoms with Crippen LogP contribution in [0.3, 0.4) is 0 Å². The highest BCUT2D eigenvalue weighted by Crippen LogP contribution is 2.26. The Balaban J connectivity index is 1.92. The number of halogens is 2. The summed E-state index contributed by atoms with van der Waals surface area (Å²) in [6, 6.07) is 7.64. The Morgan fingerprint density at radius 1 is 1.20 bits per heavy atom. The average Bonchev–Trinajstić information content (AvgIpc) is 2.59. The third kappa shape index (κ3) is 3.83. The highest BCUT2D eigenvalue weighted by atomic mass is 35.5. The van der Waals surface area contributed by atoms with Crippen molar-refractivity contribution in [3.8, 4) is 0 Å². The number of hydrogen-bond donors (Lipinski definition) is 0.